The molecule has 0 amide bonds. The summed E-state index contributed by atoms with van der Waals surface area (Å²) in [6, 6.07) is 0. The van der Waals surface area contributed by atoms with E-state index in [2.05, 4.69) is 15.3 Å². The highest BCUT2D eigenvalue weighted by Gasteiger charge is 1.90. The van der Waals surface area contributed by atoms with Crippen LogP contribution in [-0.2, 0) is 0 Å². The lowest BCUT2D eigenvalue weighted by Crippen LogP contribution is -2.29. The van der Waals surface area contributed by atoms with Crippen molar-refractivity contribution in [1.82, 2.24) is 15.3 Å². The fraction of sp³-hybridized carbons (Fsp3) is 0.111. The van der Waals surface area contributed by atoms with E-state index in [-0.39, 0.29) is 0 Å². The highest BCUT2D eigenvalue weighted by atomic mass is 14.9. The van der Waals surface area contributed by atoms with Gasteiger partial charge in [0.05, 0.1) is 5.35 Å². The van der Waals surface area contributed by atoms with Crippen molar-refractivity contribution in [1.29, 1.82) is 0 Å². The molecule has 0 saturated carbocycles. The number of hydrogen-bond acceptors (Lipinski definition) is 3. The maximum absolute atomic E-state index is 4.12. The van der Waals surface area contributed by atoms with Crippen LogP contribution in [0.3, 0.4) is 0 Å². The van der Waals surface area contributed by atoms with Gasteiger partial charge in [-0.25, -0.2) is 9.97 Å². The first-order chi connectivity index (χ1) is 5.86. The first kappa shape index (κ1) is 7.03. The van der Waals surface area contributed by atoms with Gasteiger partial charge in [0, 0.05) is 23.3 Å². The predicted octanol–water partition coefficient (Wildman–Crippen LogP) is -0.498. The molecule has 0 aliphatic carbocycles. The Kier molecular flexibility index (Phi) is 1.63. The van der Waals surface area contributed by atoms with Gasteiger partial charge in [-0.05, 0) is 19.1 Å². The van der Waals surface area contributed by atoms with Crippen LogP contribution in [-0.4, -0.2) is 9.97 Å². The Labute approximate surface area is 70.2 Å². The molecular formula is C9H9N3. The fourth-order valence-electron chi connectivity index (χ4n) is 1.04. The first-order valence-electron chi connectivity index (χ1n) is 3.77. The van der Waals surface area contributed by atoms with Crippen LogP contribution in [0.2, 0.25) is 0 Å². The van der Waals surface area contributed by atoms with Gasteiger partial charge in [-0.15, -0.1) is 0 Å². The second-order valence-electron chi connectivity index (χ2n) is 2.67. The number of nitrogens with one attached hydrogen (secondary N) is 1. The highest BCUT2D eigenvalue weighted by molar-refractivity contribution is 5.43. The van der Waals surface area contributed by atoms with Gasteiger partial charge < -0.3 is 5.32 Å². The van der Waals surface area contributed by atoms with Crippen LogP contribution in [0, 0.1) is 0 Å². The van der Waals surface area contributed by atoms with E-state index in [1.807, 2.05) is 25.3 Å². The van der Waals surface area contributed by atoms with E-state index in [1.165, 1.54) is 0 Å². The third-order valence-corrected chi connectivity index (χ3v) is 1.72. The minimum atomic E-state index is 0.929. The lowest BCUT2D eigenvalue weighted by molar-refractivity contribution is 1.07. The van der Waals surface area contributed by atoms with Gasteiger partial charge in [-0.1, -0.05) is 0 Å². The van der Waals surface area contributed by atoms with Crippen molar-refractivity contribution < 1.29 is 0 Å². The molecule has 1 aliphatic heterocycles. The van der Waals surface area contributed by atoms with E-state index in [4.69, 9.17) is 0 Å². The molecule has 2 rings (SSSR count). The Morgan fingerprint density at radius 1 is 1.33 bits per heavy atom. The summed E-state index contributed by atoms with van der Waals surface area (Å²) in [6.07, 6.45) is 9.24. The molecule has 0 saturated heterocycles. The Hall–Kier alpha value is -1.64. The smallest absolute Gasteiger partial charge is 0.116 e. The second kappa shape index (κ2) is 2.77. The molecule has 1 N–H and O–H groups in total. The average molecular weight is 159 g/mol. The molecule has 0 radical (unpaired) electrons. The van der Waals surface area contributed by atoms with Gasteiger partial charge in [0.25, 0.3) is 0 Å². The van der Waals surface area contributed by atoms with Gasteiger partial charge in [0.15, 0.2) is 0 Å². The molecule has 3 nitrogen and oxygen atoms in total. The Morgan fingerprint density at radius 3 is 3.17 bits per heavy atom. The van der Waals surface area contributed by atoms with Crippen LogP contribution >= 0.6 is 0 Å². The maximum Gasteiger partial charge on any atom is 0.116 e. The molecule has 1 aromatic rings. The summed E-state index contributed by atoms with van der Waals surface area (Å²) in [7, 11) is 0. The zero-order valence-electron chi connectivity index (χ0n) is 6.78. The third-order valence-electron chi connectivity index (χ3n) is 1.72. The fourth-order valence-corrected chi connectivity index (χ4v) is 1.04. The normalized spacial score (nSPS) is 14.2. The zero-order chi connectivity index (χ0) is 8.39. The van der Waals surface area contributed by atoms with Crippen molar-refractivity contribution in [2.45, 2.75) is 6.92 Å². The van der Waals surface area contributed by atoms with Crippen molar-refractivity contribution in [2.75, 3.05) is 0 Å². The largest absolute Gasteiger partial charge is 0.363 e. The molecule has 1 aromatic heterocycles. The molecule has 60 valence electrons. The number of fused-ring (bicyclic) bond motifs is 1. The monoisotopic (exact) mass is 159 g/mol. The minimum absolute atomic E-state index is 0.929. The quantitative estimate of drug-likeness (QED) is 0.554. The number of hydrogen-bond donors (Lipinski definition) is 1. The Bertz CT molecular complexity index is 431. The highest BCUT2D eigenvalue weighted by Crippen LogP contribution is 1.87. The van der Waals surface area contributed by atoms with Gasteiger partial charge >= 0.3 is 0 Å². The maximum atomic E-state index is 4.12. The summed E-state index contributed by atoms with van der Waals surface area (Å²) in [5, 5.41) is 5.09. The van der Waals surface area contributed by atoms with E-state index in [1.54, 1.807) is 12.5 Å². The van der Waals surface area contributed by atoms with Gasteiger partial charge in [0.1, 0.15) is 6.33 Å². The Balaban J connectivity index is 2.72. The summed E-state index contributed by atoms with van der Waals surface area (Å²) in [4.78, 5) is 8.07. The van der Waals surface area contributed by atoms with E-state index in [9.17, 15) is 0 Å². The van der Waals surface area contributed by atoms with E-state index < -0.39 is 0 Å². The van der Waals surface area contributed by atoms with Crippen LogP contribution in [0.25, 0.3) is 12.3 Å². The van der Waals surface area contributed by atoms with E-state index in [0.717, 1.165) is 16.3 Å². The van der Waals surface area contributed by atoms with E-state index >= 15 is 0 Å². The van der Waals surface area contributed by atoms with Gasteiger partial charge in [0.2, 0.25) is 0 Å². The lowest BCUT2D eigenvalue weighted by Gasteiger charge is -1.93. The minimum Gasteiger partial charge on any atom is -0.363 e. The number of nitrogens with zero attached hydrogens (tertiary/aromatic N) is 2. The first-order valence-corrected chi connectivity index (χ1v) is 3.77. The van der Waals surface area contributed by atoms with Crippen LogP contribution in [0.5, 0.6) is 0 Å². The van der Waals surface area contributed by atoms with Crippen molar-refractivity contribution >= 4 is 12.3 Å². The standard InChI is InChI=1S/C9H9N3/c1-7-2-3-8-4-10-6-12-9(8)5-11-7/h2-6,11H,1H3. The van der Waals surface area contributed by atoms with Crippen LogP contribution < -0.4 is 15.9 Å². The van der Waals surface area contributed by atoms with Gasteiger partial charge in [-0.2, -0.15) is 0 Å². The number of aromatic nitrogens is 2. The molecule has 3 heteroatoms. The number of rotatable bonds is 0. The predicted molar refractivity (Wildman–Crippen MR) is 47.1 cm³/mol. The van der Waals surface area contributed by atoms with Crippen molar-refractivity contribution in [3.05, 3.63) is 34.9 Å². The topological polar surface area (TPSA) is 37.8 Å². The van der Waals surface area contributed by atoms with Crippen LogP contribution in [0.4, 0.5) is 0 Å². The molecule has 0 spiro atoms. The molecule has 0 unspecified atom stereocenters. The summed E-state index contributed by atoms with van der Waals surface area (Å²) >= 11 is 0. The summed E-state index contributed by atoms with van der Waals surface area (Å²) in [6.45, 7) is 2.01. The zero-order valence-corrected chi connectivity index (χ0v) is 6.78. The molecule has 0 fully saturated rings. The second-order valence-corrected chi connectivity index (χ2v) is 2.67. The molecule has 1 aliphatic rings. The molecule has 0 aromatic carbocycles. The lowest BCUT2D eigenvalue weighted by atomic mass is 10.3. The van der Waals surface area contributed by atoms with Crippen LogP contribution in [0.1, 0.15) is 6.92 Å². The third kappa shape index (κ3) is 1.21. The van der Waals surface area contributed by atoms with Crippen molar-refractivity contribution in [3.63, 3.8) is 0 Å². The average Bonchev–Trinajstić information content (AvgIpc) is 2.29. The molecular weight excluding hydrogens is 150 g/mol. The summed E-state index contributed by atoms with van der Waals surface area (Å²) in [5.41, 5.74) is 1.10. The van der Waals surface area contributed by atoms with Gasteiger partial charge in [-0.3, -0.25) is 0 Å². The van der Waals surface area contributed by atoms with Crippen molar-refractivity contribution in [3.8, 4) is 0 Å². The van der Waals surface area contributed by atoms with Crippen LogP contribution in [0.15, 0.2) is 24.3 Å². The Morgan fingerprint density at radius 2 is 2.25 bits per heavy atom. The number of allylic oxidation sites excluding steroid dienone is 2. The molecule has 0 bridgehead atoms. The summed E-state index contributed by atoms with van der Waals surface area (Å²) < 4.78 is 0. The molecule has 0 atom stereocenters. The molecule has 2 heterocycles. The van der Waals surface area contributed by atoms with E-state index in [0.29, 0.717) is 0 Å². The van der Waals surface area contributed by atoms with Crippen molar-refractivity contribution in [2.24, 2.45) is 0 Å². The molecule has 12 heavy (non-hydrogen) atoms. The summed E-state index contributed by atoms with van der Waals surface area (Å²) in [5.74, 6) is 0. The SMILES string of the molecule is CC1=CC=c2cncnc2=CN1.